The van der Waals surface area contributed by atoms with E-state index >= 15 is 0 Å². The van der Waals surface area contributed by atoms with Crippen molar-refractivity contribution in [3.05, 3.63) is 18.2 Å². The van der Waals surface area contributed by atoms with Gasteiger partial charge in [0.25, 0.3) is 10.2 Å². The zero-order chi connectivity index (χ0) is 19.9. The summed E-state index contributed by atoms with van der Waals surface area (Å²) < 4.78 is 39.3. The minimum absolute atomic E-state index is 0.223. The predicted molar refractivity (Wildman–Crippen MR) is 104 cm³/mol. The van der Waals surface area contributed by atoms with Gasteiger partial charge in [0.1, 0.15) is 13.2 Å². The van der Waals surface area contributed by atoms with E-state index in [4.69, 9.17) is 9.47 Å². The Balaban J connectivity index is 2.05. The molecule has 1 amide bonds. The number of benzene rings is 1. The van der Waals surface area contributed by atoms with E-state index < -0.39 is 16.1 Å². The fraction of sp³-hybridized carbons (Fsp3) is 0.611. The molecule has 1 aliphatic rings. The molecule has 0 saturated heterocycles. The summed E-state index contributed by atoms with van der Waals surface area (Å²) in [6, 6.07) is 5.11. The van der Waals surface area contributed by atoms with Crippen molar-refractivity contribution in [3.8, 4) is 11.5 Å². The molecule has 1 N–H and O–H groups in total. The lowest BCUT2D eigenvalue weighted by atomic mass is 10.2. The summed E-state index contributed by atoms with van der Waals surface area (Å²) in [5, 5.41) is 2.73. The van der Waals surface area contributed by atoms with Gasteiger partial charge in [-0.05, 0) is 25.0 Å². The zero-order valence-corrected chi connectivity index (χ0v) is 17.0. The van der Waals surface area contributed by atoms with Gasteiger partial charge in [-0.1, -0.05) is 20.8 Å². The molecular formula is C18H29N3O5S. The van der Waals surface area contributed by atoms with Crippen molar-refractivity contribution in [2.24, 2.45) is 0 Å². The summed E-state index contributed by atoms with van der Waals surface area (Å²) in [6.07, 6.45) is 1.44. The Bertz CT molecular complexity index is 733. The largest absolute Gasteiger partial charge is 0.486 e. The molecule has 8 nitrogen and oxygen atoms in total. The summed E-state index contributed by atoms with van der Waals surface area (Å²) in [5.74, 6) is 0.799. The van der Waals surface area contributed by atoms with Gasteiger partial charge in [0.15, 0.2) is 11.5 Å². The topological polar surface area (TPSA) is 88.2 Å². The number of carbonyl (C=O) groups is 1. The van der Waals surface area contributed by atoms with E-state index in [1.165, 1.54) is 8.61 Å². The fourth-order valence-electron chi connectivity index (χ4n) is 2.84. The maximum Gasteiger partial charge on any atom is 0.282 e. The highest BCUT2D eigenvalue weighted by molar-refractivity contribution is 7.86. The van der Waals surface area contributed by atoms with Crippen LogP contribution in [-0.4, -0.2) is 62.3 Å². The maximum absolute atomic E-state index is 12.9. The average Bonchev–Trinajstić information content (AvgIpc) is 2.65. The molecule has 0 spiro atoms. The molecule has 2 rings (SSSR count). The standard InChI is InChI=1S/C18H29N3O5S/c1-4-9-21(10-5-2)27(23,24)20(6-3)14-18(22)19-15-7-8-16-17(13-15)26-12-11-25-16/h7-8,13H,4-6,9-12,14H2,1-3H3,(H,19,22). The number of fused-ring (bicyclic) bond motifs is 1. The van der Waals surface area contributed by atoms with Crippen LogP contribution in [0, 0.1) is 0 Å². The number of rotatable bonds is 10. The second kappa shape index (κ2) is 9.91. The van der Waals surface area contributed by atoms with Crippen LogP contribution in [0.4, 0.5) is 5.69 Å². The van der Waals surface area contributed by atoms with Crippen molar-refractivity contribution < 1.29 is 22.7 Å². The molecule has 9 heteroatoms. The van der Waals surface area contributed by atoms with E-state index in [9.17, 15) is 13.2 Å². The van der Waals surface area contributed by atoms with Gasteiger partial charge in [0, 0.05) is 31.4 Å². The SMILES string of the molecule is CCCN(CCC)S(=O)(=O)N(CC)CC(=O)Nc1ccc2c(c1)OCCO2. The number of carbonyl (C=O) groups excluding carboxylic acids is 1. The first-order valence-electron chi connectivity index (χ1n) is 9.37. The lowest BCUT2D eigenvalue weighted by Crippen LogP contribution is -2.47. The Morgan fingerprint density at radius 1 is 1.04 bits per heavy atom. The van der Waals surface area contributed by atoms with Crippen LogP contribution in [0.5, 0.6) is 11.5 Å². The normalized spacial score (nSPS) is 13.8. The second-order valence-electron chi connectivity index (χ2n) is 6.24. The predicted octanol–water partition coefficient (Wildman–Crippen LogP) is 2.08. The monoisotopic (exact) mass is 399 g/mol. The van der Waals surface area contributed by atoms with E-state index in [0.717, 1.165) is 12.8 Å². The van der Waals surface area contributed by atoms with E-state index in [-0.39, 0.29) is 13.1 Å². The Morgan fingerprint density at radius 2 is 1.67 bits per heavy atom. The van der Waals surface area contributed by atoms with Gasteiger partial charge in [-0.2, -0.15) is 17.0 Å². The molecule has 1 aliphatic heterocycles. The van der Waals surface area contributed by atoms with Gasteiger partial charge >= 0.3 is 0 Å². The first-order valence-corrected chi connectivity index (χ1v) is 10.8. The van der Waals surface area contributed by atoms with Gasteiger partial charge in [-0.15, -0.1) is 0 Å². The van der Waals surface area contributed by atoms with Crippen molar-refractivity contribution >= 4 is 21.8 Å². The van der Waals surface area contributed by atoms with Crippen molar-refractivity contribution in [3.63, 3.8) is 0 Å². The number of hydrogen-bond acceptors (Lipinski definition) is 5. The lowest BCUT2D eigenvalue weighted by Gasteiger charge is -2.28. The smallest absolute Gasteiger partial charge is 0.282 e. The summed E-state index contributed by atoms with van der Waals surface area (Å²) in [4.78, 5) is 12.4. The maximum atomic E-state index is 12.9. The molecule has 0 fully saturated rings. The van der Waals surface area contributed by atoms with Crippen LogP contribution in [-0.2, 0) is 15.0 Å². The molecule has 0 atom stereocenters. The molecule has 0 unspecified atom stereocenters. The van der Waals surface area contributed by atoms with E-state index in [2.05, 4.69) is 5.32 Å². The molecule has 0 radical (unpaired) electrons. The highest BCUT2D eigenvalue weighted by Gasteiger charge is 2.29. The van der Waals surface area contributed by atoms with E-state index in [1.54, 1.807) is 25.1 Å². The highest BCUT2D eigenvalue weighted by atomic mass is 32.2. The summed E-state index contributed by atoms with van der Waals surface area (Å²) in [5.41, 5.74) is 0.539. The molecule has 0 aliphatic carbocycles. The first-order chi connectivity index (χ1) is 12.9. The minimum atomic E-state index is -3.68. The zero-order valence-electron chi connectivity index (χ0n) is 16.2. The molecule has 1 heterocycles. The van der Waals surface area contributed by atoms with Gasteiger partial charge in [-0.3, -0.25) is 4.79 Å². The fourth-order valence-corrected chi connectivity index (χ4v) is 4.60. The van der Waals surface area contributed by atoms with E-state index in [0.29, 0.717) is 43.5 Å². The van der Waals surface area contributed by atoms with E-state index in [1.807, 2.05) is 13.8 Å². The van der Waals surface area contributed by atoms with Gasteiger partial charge < -0.3 is 14.8 Å². The van der Waals surface area contributed by atoms with Crippen LogP contribution in [0.3, 0.4) is 0 Å². The third kappa shape index (κ3) is 5.57. The molecule has 152 valence electrons. The van der Waals surface area contributed by atoms with Crippen molar-refractivity contribution in [2.75, 3.05) is 44.7 Å². The number of anilines is 1. The second-order valence-corrected chi connectivity index (χ2v) is 8.17. The van der Waals surface area contributed by atoms with Gasteiger partial charge in [-0.25, -0.2) is 0 Å². The van der Waals surface area contributed by atoms with Crippen LogP contribution in [0.15, 0.2) is 18.2 Å². The minimum Gasteiger partial charge on any atom is -0.486 e. The molecule has 27 heavy (non-hydrogen) atoms. The third-order valence-electron chi connectivity index (χ3n) is 4.10. The van der Waals surface area contributed by atoms with Crippen LogP contribution in [0.1, 0.15) is 33.6 Å². The van der Waals surface area contributed by atoms with Crippen molar-refractivity contribution in [1.29, 1.82) is 0 Å². The molecule has 0 saturated carbocycles. The number of amides is 1. The Hall–Kier alpha value is -1.84. The van der Waals surface area contributed by atoms with Crippen LogP contribution in [0.25, 0.3) is 0 Å². The molecular weight excluding hydrogens is 370 g/mol. The number of likely N-dealkylation sites (N-methyl/N-ethyl adjacent to an activating group) is 1. The quantitative estimate of drug-likeness (QED) is 0.651. The van der Waals surface area contributed by atoms with Crippen molar-refractivity contribution in [2.45, 2.75) is 33.6 Å². The van der Waals surface area contributed by atoms with Gasteiger partial charge in [0.05, 0.1) is 6.54 Å². The third-order valence-corrected chi connectivity index (χ3v) is 6.15. The van der Waals surface area contributed by atoms with Gasteiger partial charge in [0.2, 0.25) is 5.91 Å². The molecule has 0 bridgehead atoms. The number of hydrogen-bond donors (Lipinski definition) is 1. The number of nitrogens with zero attached hydrogens (tertiary/aromatic N) is 2. The van der Waals surface area contributed by atoms with Crippen LogP contribution >= 0.6 is 0 Å². The lowest BCUT2D eigenvalue weighted by molar-refractivity contribution is -0.116. The first kappa shape index (κ1) is 21.5. The van der Waals surface area contributed by atoms with Crippen molar-refractivity contribution in [1.82, 2.24) is 8.61 Å². The van der Waals surface area contributed by atoms with Crippen LogP contribution < -0.4 is 14.8 Å². The Morgan fingerprint density at radius 3 is 2.26 bits per heavy atom. The molecule has 0 aromatic heterocycles. The number of nitrogens with one attached hydrogen (secondary N) is 1. The Labute approximate surface area is 161 Å². The number of ether oxygens (including phenoxy) is 2. The summed E-state index contributed by atoms with van der Waals surface area (Å²) >= 11 is 0. The average molecular weight is 400 g/mol. The van der Waals surface area contributed by atoms with Crippen LogP contribution in [0.2, 0.25) is 0 Å². The molecule has 1 aromatic rings. The summed E-state index contributed by atoms with van der Waals surface area (Å²) in [7, 11) is -3.68. The summed E-state index contributed by atoms with van der Waals surface area (Å²) in [6.45, 7) is 7.41. The Kier molecular flexibility index (Phi) is 7.88. The molecule has 1 aromatic carbocycles. The highest BCUT2D eigenvalue weighted by Crippen LogP contribution is 2.32.